The fourth-order valence-corrected chi connectivity index (χ4v) is 8.43. The second-order valence-corrected chi connectivity index (χ2v) is 19.9. The minimum absolute atomic E-state index is 0.283. The summed E-state index contributed by atoms with van der Waals surface area (Å²) in [5.41, 5.74) is -0.141. The topological polar surface area (TPSA) is 169 Å². The lowest BCUT2D eigenvalue weighted by Crippen LogP contribution is -2.54. The Kier molecular flexibility index (Phi) is 13.1. The third kappa shape index (κ3) is 10.8. The highest BCUT2D eigenvalue weighted by molar-refractivity contribution is 14.1. The molecular formula is C38H49Cl2IN12O4S. The number of nitrogens with zero attached hydrogens (tertiary/aromatic N) is 10. The van der Waals surface area contributed by atoms with Crippen molar-refractivity contribution in [1.29, 1.82) is 0 Å². The van der Waals surface area contributed by atoms with Crippen LogP contribution in [0.15, 0.2) is 53.0 Å². The molecule has 20 heteroatoms. The number of amides is 2. The summed E-state index contributed by atoms with van der Waals surface area (Å²) in [6.45, 7) is 18.3. The van der Waals surface area contributed by atoms with E-state index in [1.54, 1.807) is 24.9 Å². The number of fused-ring (bicyclic) bond motifs is 2. The Labute approximate surface area is 365 Å². The summed E-state index contributed by atoms with van der Waals surface area (Å²) in [5.74, 6) is 1.59. The Hall–Kier alpha value is -3.88. The average Bonchev–Trinajstić information content (AvgIpc) is 3.82. The molecule has 16 nitrogen and oxygen atoms in total. The second-order valence-electron chi connectivity index (χ2n) is 16.9. The number of rotatable bonds is 6. The Balaban J connectivity index is 0.000000203. The van der Waals surface area contributed by atoms with Gasteiger partial charge >= 0.3 is 12.2 Å². The van der Waals surface area contributed by atoms with Crippen molar-refractivity contribution in [3.63, 3.8) is 0 Å². The van der Waals surface area contributed by atoms with E-state index in [2.05, 4.69) is 75.3 Å². The first-order chi connectivity index (χ1) is 27.2. The van der Waals surface area contributed by atoms with E-state index >= 15 is 0 Å². The molecule has 2 aliphatic heterocycles. The lowest BCUT2D eigenvalue weighted by molar-refractivity contribution is 0.0435. The van der Waals surface area contributed by atoms with Gasteiger partial charge in [0.1, 0.15) is 23.9 Å². The van der Waals surface area contributed by atoms with Gasteiger partial charge in [-0.3, -0.25) is 4.40 Å². The minimum Gasteiger partial charge on any atom is -0.444 e. The first kappa shape index (κ1) is 43.7. The zero-order valence-corrected chi connectivity index (χ0v) is 38.3. The molecule has 0 atom stereocenters. The van der Waals surface area contributed by atoms with Gasteiger partial charge in [0, 0.05) is 54.5 Å². The van der Waals surface area contributed by atoms with Crippen molar-refractivity contribution in [3.8, 4) is 0 Å². The van der Waals surface area contributed by atoms with Crippen LogP contribution in [-0.2, 0) is 9.47 Å². The molecule has 2 amide bonds. The van der Waals surface area contributed by atoms with Crippen LogP contribution in [-0.4, -0.2) is 99.8 Å². The molecule has 58 heavy (non-hydrogen) atoms. The Bertz CT molecular complexity index is 2260. The van der Waals surface area contributed by atoms with E-state index in [0.29, 0.717) is 15.7 Å². The van der Waals surface area contributed by atoms with E-state index < -0.39 is 11.2 Å². The van der Waals surface area contributed by atoms with Gasteiger partial charge in [0.05, 0.1) is 18.5 Å². The molecule has 7 rings (SSSR count). The maximum Gasteiger partial charge on any atom is 0.408 e. The molecule has 312 valence electrons. The number of hydrogen-bond donors (Lipinski definition) is 2. The van der Waals surface area contributed by atoms with E-state index in [9.17, 15) is 9.59 Å². The van der Waals surface area contributed by atoms with Gasteiger partial charge in [0.15, 0.2) is 11.3 Å². The Morgan fingerprint density at radius 2 is 1.21 bits per heavy atom. The van der Waals surface area contributed by atoms with E-state index in [1.165, 1.54) is 11.8 Å². The first-order valence-electron chi connectivity index (χ1n) is 18.9. The number of hydrogen-bond acceptors (Lipinski definition) is 13. The van der Waals surface area contributed by atoms with Crippen LogP contribution in [0.3, 0.4) is 0 Å². The van der Waals surface area contributed by atoms with Crippen LogP contribution in [0.5, 0.6) is 0 Å². The molecule has 1 aromatic carbocycles. The lowest BCUT2D eigenvalue weighted by atomic mass is 9.90. The standard InChI is InChI=1S/C22H26Cl2N6O2S.C16H23IN6O2/c1-21(2,3)32-20(31)27-22(4)8-10-29(11-9-22)19-25-12-16(18-28-26-13-30(18)19)33-15-7-5-6-14(23)17(15)24;1-15(2,3)25-14(24)20-16(4)5-7-22(8-6-16)13-18-9-11(17)12-21-19-10-23(12)13/h5-7,12-13H,8-11H2,1-4H3,(H,27,31);9-10H,5-8H2,1-4H3,(H,20,24). The minimum atomic E-state index is -0.528. The summed E-state index contributed by atoms with van der Waals surface area (Å²) in [4.78, 5) is 39.6. The fourth-order valence-electron chi connectivity index (χ4n) is 6.54. The van der Waals surface area contributed by atoms with Crippen molar-refractivity contribution in [3.05, 3.63) is 56.9 Å². The maximum atomic E-state index is 12.3. The van der Waals surface area contributed by atoms with Gasteiger partial charge in [-0.2, -0.15) is 0 Å². The quantitative estimate of drug-likeness (QED) is 0.157. The number of benzene rings is 1. The van der Waals surface area contributed by atoms with Crippen LogP contribution in [0.4, 0.5) is 21.5 Å². The number of anilines is 2. The number of aromatic nitrogens is 8. The van der Waals surface area contributed by atoms with Crippen LogP contribution < -0.4 is 20.4 Å². The molecule has 0 radical (unpaired) electrons. The van der Waals surface area contributed by atoms with Gasteiger partial charge in [0.25, 0.3) is 0 Å². The highest BCUT2D eigenvalue weighted by atomic mass is 127. The summed E-state index contributed by atoms with van der Waals surface area (Å²) >= 11 is 16.2. The van der Waals surface area contributed by atoms with Crippen LogP contribution in [0.2, 0.25) is 10.0 Å². The van der Waals surface area contributed by atoms with Gasteiger partial charge in [-0.1, -0.05) is 41.0 Å². The molecule has 2 saturated heterocycles. The number of halogens is 3. The summed E-state index contributed by atoms with van der Waals surface area (Å²) in [6.07, 6.45) is 9.32. The smallest absolute Gasteiger partial charge is 0.408 e. The first-order valence-corrected chi connectivity index (χ1v) is 21.5. The third-order valence-corrected chi connectivity index (χ3v) is 12.4. The Morgan fingerprint density at radius 3 is 1.71 bits per heavy atom. The molecule has 0 saturated carbocycles. The van der Waals surface area contributed by atoms with Crippen molar-refractivity contribution in [1.82, 2.24) is 49.8 Å². The zero-order chi connectivity index (χ0) is 42.0. The summed E-state index contributed by atoms with van der Waals surface area (Å²) in [7, 11) is 0. The predicted molar refractivity (Wildman–Crippen MR) is 233 cm³/mol. The number of nitrogens with one attached hydrogen (secondary N) is 2. The Morgan fingerprint density at radius 1 is 0.741 bits per heavy atom. The molecule has 0 spiro atoms. The third-order valence-electron chi connectivity index (χ3n) is 9.59. The van der Waals surface area contributed by atoms with Crippen molar-refractivity contribution in [2.75, 3.05) is 36.0 Å². The molecular weight excluding hydrogens is 918 g/mol. The van der Waals surface area contributed by atoms with Crippen molar-refractivity contribution in [2.24, 2.45) is 0 Å². The van der Waals surface area contributed by atoms with Gasteiger partial charge in [-0.25, -0.2) is 24.0 Å². The highest BCUT2D eigenvalue weighted by Gasteiger charge is 2.36. The fraction of sp³-hybridized carbons (Fsp3) is 0.526. The molecule has 6 heterocycles. The summed E-state index contributed by atoms with van der Waals surface area (Å²) < 4.78 is 15.6. The van der Waals surface area contributed by atoms with Crippen LogP contribution in [0.25, 0.3) is 11.3 Å². The zero-order valence-electron chi connectivity index (χ0n) is 33.8. The van der Waals surface area contributed by atoms with Crippen LogP contribution in [0, 0.1) is 3.57 Å². The molecule has 0 bridgehead atoms. The van der Waals surface area contributed by atoms with Crippen LogP contribution in [0.1, 0.15) is 81.1 Å². The summed E-state index contributed by atoms with van der Waals surface area (Å²) in [6, 6.07) is 5.52. The number of carbonyl (C=O) groups excluding carboxylic acids is 2. The molecule has 2 aliphatic rings. The maximum absolute atomic E-state index is 12.3. The predicted octanol–water partition coefficient (Wildman–Crippen LogP) is 8.08. The van der Waals surface area contributed by atoms with E-state index in [4.69, 9.17) is 37.7 Å². The highest BCUT2D eigenvalue weighted by Crippen LogP contribution is 2.39. The molecule has 2 fully saturated rings. The van der Waals surface area contributed by atoms with Gasteiger partial charge in [0.2, 0.25) is 11.9 Å². The van der Waals surface area contributed by atoms with E-state index in [1.807, 2.05) is 75.6 Å². The van der Waals surface area contributed by atoms with Crippen LogP contribution >= 0.6 is 57.6 Å². The molecule has 5 aromatic rings. The van der Waals surface area contributed by atoms with Crippen molar-refractivity contribution < 1.29 is 19.1 Å². The van der Waals surface area contributed by atoms with E-state index in [0.717, 1.165) is 82.8 Å². The monoisotopic (exact) mass is 966 g/mol. The van der Waals surface area contributed by atoms with Gasteiger partial charge in [-0.15, -0.1) is 20.4 Å². The summed E-state index contributed by atoms with van der Waals surface area (Å²) in [5, 5.41) is 23.6. The van der Waals surface area contributed by atoms with Crippen molar-refractivity contribution >= 4 is 92.9 Å². The molecule has 0 unspecified atom stereocenters. The molecule has 2 N–H and O–H groups in total. The number of ether oxygens (including phenoxy) is 2. The molecule has 4 aromatic heterocycles. The number of alkyl carbamates (subject to hydrolysis) is 2. The average molecular weight is 968 g/mol. The van der Waals surface area contributed by atoms with Gasteiger partial charge in [-0.05, 0) is 116 Å². The molecule has 0 aliphatic carbocycles. The lowest BCUT2D eigenvalue weighted by Gasteiger charge is -2.40. The number of carbonyl (C=O) groups is 2. The SMILES string of the molecule is CC1(NC(=O)OC(C)(C)C)CCN(c2ncc(I)c3nncn23)CC1.CC1(NC(=O)OC(C)(C)C)CCN(c2ncc(Sc3cccc(Cl)c3Cl)c3nncn23)CC1. The second kappa shape index (κ2) is 17.4. The largest absolute Gasteiger partial charge is 0.444 e. The van der Waals surface area contributed by atoms with E-state index in [-0.39, 0.29) is 23.3 Å². The van der Waals surface area contributed by atoms with Crippen molar-refractivity contribution in [2.45, 2.75) is 113 Å². The number of piperidine rings is 2. The van der Waals surface area contributed by atoms with Gasteiger partial charge < -0.3 is 29.9 Å². The normalized spacial score (nSPS) is 16.7.